The van der Waals surface area contributed by atoms with Crippen molar-refractivity contribution in [2.45, 2.75) is 11.9 Å². The van der Waals surface area contributed by atoms with Crippen LogP contribution in [-0.4, -0.2) is 51.8 Å². The van der Waals surface area contributed by atoms with Crippen molar-refractivity contribution in [2.24, 2.45) is 0 Å². The molecule has 122 valence electrons. The summed E-state index contributed by atoms with van der Waals surface area (Å²) in [5, 5.41) is 9.01. The molecular formula is C15H17ClN4O2S. The van der Waals surface area contributed by atoms with Crippen LogP contribution in [0, 0.1) is 0 Å². The lowest BCUT2D eigenvalue weighted by Gasteiger charge is -2.21. The van der Waals surface area contributed by atoms with Crippen LogP contribution in [0.2, 0.25) is 5.02 Å². The molecule has 1 aromatic heterocycles. The number of halogens is 1. The molecular weight excluding hydrogens is 336 g/mol. The molecule has 0 bridgehead atoms. The van der Waals surface area contributed by atoms with Gasteiger partial charge in [-0.15, -0.1) is 16.9 Å². The van der Waals surface area contributed by atoms with E-state index in [1.165, 1.54) is 0 Å². The van der Waals surface area contributed by atoms with Crippen molar-refractivity contribution in [2.75, 3.05) is 26.0 Å². The van der Waals surface area contributed by atoms with Crippen LogP contribution in [0.3, 0.4) is 0 Å². The first-order chi connectivity index (χ1) is 11.2. The van der Waals surface area contributed by atoms with Gasteiger partial charge in [-0.1, -0.05) is 28.9 Å². The summed E-state index contributed by atoms with van der Waals surface area (Å²) in [5.74, 6) is 0.580. The number of benzene rings is 1. The van der Waals surface area contributed by atoms with Crippen molar-refractivity contribution < 1.29 is 9.53 Å². The largest absolute Gasteiger partial charge is 0.383 e. The molecule has 1 aliphatic rings. The maximum atomic E-state index is 12.0. The molecule has 1 saturated heterocycles. The second kappa shape index (κ2) is 7.33. The number of ether oxygens (including phenoxy) is 1. The number of hydrogen-bond acceptors (Lipinski definition) is 5. The summed E-state index contributed by atoms with van der Waals surface area (Å²) in [5.41, 5.74) is 1.85. The van der Waals surface area contributed by atoms with Crippen molar-refractivity contribution >= 4 is 29.3 Å². The molecule has 0 N–H and O–H groups in total. The van der Waals surface area contributed by atoms with E-state index in [0.717, 1.165) is 11.3 Å². The summed E-state index contributed by atoms with van der Waals surface area (Å²) in [6.45, 7) is 1.67. The predicted octanol–water partition coefficient (Wildman–Crippen LogP) is 2.20. The molecule has 1 amide bonds. The number of rotatable bonds is 6. The van der Waals surface area contributed by atoms with Crippen molar-refractivity contribution in [1.82, 2.24) is 19.9 Å². The highest BCUT2D eigenvalue weighted by molar-refractivity contribution is 8.00. The summed E-state index contributed by atoms with van der Waals surface area (Å²) in [6.07, 6.45) is 1.89. The Balaban J connectivity index is 1.72. The minimum atomic E-state index is -0.0919. The Morgan fingerprint density at radius 3 is 3.13 bits per heavy atom. The van der Waals surface area contributed by atoms with E-state index < -0.39 is 0 Å². The summed E-state index contributed by atoms with van der Waals surface area (Å²) >= 11 is 7.57. The highest BCUT2D eigenvalue weighted by atomic mass is 35.5. The molecule has 0 saturated carbocycles. The first-order valence-corrected chi connectivity index (χ1v) is 8.64. The average molecular weight is 353 g/mol. The number of hydrogen-bond donors (Lipinski definition) is 0. The van der Waals surface area contributed by atoms with Crippen LogP contribution in [0.25, 0.3) is 0 Å². The maximum Gasteiger partial charge on any atom is 0.233 e. The fourth-order valence-corrected chi connectivity index (χ4v) is 3.82. The molecule has 1 unspecified atom stereocenters. The van der Waals surface area contributed by atoms with Crippen molar-refractivity contribution in [1.29, 1.82) is 0 Å². The van der Waals surface area contributed by atoms with Gasteiger partial charge in [0.25, 0.3) is 0 Å². The van der Waals surface area contributed by atoms with E-state index in [-0.39, 0.29) is 11.3 Å². The van der Waals surface area contributed by atoms with Crippen LogP contribution >= 0.6 is 23.4 Å². The Kier molecular flexibility index (Phi) is 5.20. The summed E-state index contributed by atoms with van der Waals surface area (Å²) < 4.78 is 6.84. The molecule has 1 fully saturated rings. The van der Waals surface area contributed by atoms with E-state index in [1.807, 2.05) is 30.5 Å². The molecule has 2 aromatic rings. The second-order valence-corrected chi connectivity index (χ2v) is 6.72. The summed E-state index contributed by atoms with van der Waals surface area (Å²) in [4.78, 5) is 13.8. The van der Waals surface area contributed by atoms with Gasteiger partial charge in [-0.3, -0.25) is 4.79 Å². The van der Waals surface area contributed by atoms with Crippen molar-refractivity contribution in [3.8, 4) is 0 Å². The first-order valence-electron chi connectivity index (χ1n) is 7.22. The van der Waals surface area contributed by atoms with Gasteiger partial charge in [0.15, 0.2) is 0 Å². The lowest BCUT2D eigenvalue weighted by Crippen LogP contribution is -2.31. The van der Waals surface area contributed by atoms with E-state index >= 15 is 0 Å². The predicted molar refractivity (Wildman–Crippen MR) is 89.4 cm³/mol. The zero-order chi connectivity index (χ0) is 16.2. The van der Waals surface area contributed by atoms with Crippen LogP contribution in [-0.2, 0) is 16.1 Å². The molecule has 0 radical (unpaired) electrons. The van der Waals surface area contributed by atoms with Crippen LogP contribution < -0.4 is 0 Å². The molecule has 2 heterocycles. The molecule has 1 aromatic carbocycles. The monoisotopic (exact) mass is 352 g/mol. The number of carbonyl (C=O) groups is 1. The number of nitrogens with zero attached hydrogens (tertiary/aromatic N) is 4. The molecule has 0 spiro atoms. The second-order valence-electron chi connectivity index (χ2n) is 5.21. The fraction of sp³-hybridized carbons (Fsp3) is 0.400. The van der Waals surface area contributed by atoms with E-state index in [9.17, 15) is 4.79 Å². The molecule has 23 heavy (non-hydrogen) atoms. The third-order valence-electron chi connectivity index (χ3n) is 3.55. The Labute approximate surface area is 143 Å². The number of carbonyl (C=O) groups excluding carboxylic acids is 1. The topological polar surface area (TPSA) is 60.2 Å². The third kappa shape index (κ3) is 3.85. The first kappa shape index (κ1) is 16.3. The van der Waals surface area contributed by atoms with Gasteiger partial charge in [0.05, 0.1) is 25.1 Å². The molecule has 6 nitrogen and oxygen atoms in total. The SMILES string of the molecule is COCCN1C(=O)CSC1c1cn(Cc2cccc(Cl)c2)nn1. The third-order valence-corrected chi connectivity index (χ3v) is 5.01. The molecule has 1 atom stereocenters. The Morgan fingerprint density at radius 1 is 1.48 bits per heavy atom. The van der Waals surface area contributed by atoms with Gasteiger partial charge in [0.1, 0.15) is 11.1 Å². The van der Waals surface area contributed by atoms with E-state index in [1.54, 1.807) is 28.5 Å². The Bertz CT molecular complexity index is 694. The molecule has 0 aliphatic carbocycles. The lowest BCUT2D eigenvalue weighted by molar-refractivity contribution is -0.128. The van der Waals surface area contributed by atoms with Crippen LogP contribution in [0.15, 0.2) is 30.5 Å². The summed E-state index contributed by atoms with van der Waals surface area (Å²) in [7, 11) is 1.63. The van der Waals surface area contributed by atoms with Gasteiger partial charge in [-0.2, -0.15) is 0 Å². The standard InChI is InChI=1S/C15H17ClN4O2S/c1-22-6-5-20-14(21)10-23-15(20)13-9-19(18-17-13)8-11-3-2-4-12(16)7-11/h2-4,7,9,15H,5-6,8,10H2,1H3. The van der Waals surface area contributed by atoms with Crippen LogP contribution in [0.1, 0.15) is 16.6 Å². The van der Waals surface area contributed by atoms with Gasteiger partial charge in [-0.25, -0.2) is 4.68 Å². The summed E-state index contributed by atoms with van der Waals surface area (Å²) in [6, 6.07) is 7.65. The van der Waals surface area contributed by atoms with Gasteiger partial charge in [0.2, 0.25) is 5.91 Å². The number of aromatic nitrogens is 3. The highest BCUT2D eigenvalue weighted by Gasteiger charge is 2.34. The minimum Gasteiger partial charge on any atom is -0.383 e. The zero-order valence-electron chi connectivity index (χ0n) is 12.7. The quantitative estimate of drug-likeness (QED) is 0.797. The van der Waals surface area contributed by atoms with Gasteiger partial charge in [0, 0.05) is 18.7 Å². The van der Waals surface area contributed by atoms with Gasteiger partial charge >= 0.3 is 0 Å². The maximum absolute atomic E-state index is 12.0. The molecule has 8 heteroatoms. The number of amides is 1. The minimum absolute atomic E-state index is 0.0919. The van der Waals surface area contributed by atoms with E-state index in [4.69, 9.17) is 16.3 Å². The average Bonchev–Trinajstić information content (AvgIpc) is 3.12. The zero-order valence-corrected chi connectivity index (χ0v) is 14.3. The number of methoxy groups -OCH3 is 1. The van der Waals surface area contributed by atoms with Crippen molar-refractivity contribution in [3.05, 3.63) is 46.7 Å². The van der Waals surface area contributed by atoms with Gasteiger partial charge in [-0.05, 0) is 17.7 Å². The lowest BCUT2D eigenvalue weighted by atomic mass is 10.2. The highest BCUT2D eigenvalue weighted by Crippen LogP contribution is 2.37. The van der Waals surface area contributed by atoms with Gasteiger partial charge < -0.3 is 9.64 Å². The fourth-order valence-electron chi connectivity index (χ4n) is 2.46. The number of thioether (sulfide) groups is 1. The smallest absolute Gasteiger partial charge is 0.233 e. The van der Waals surface area contributed by atoms with Crippen LogP contribution in [0.5, 0.6) is 0 Å². The normalized spacial score (nSPS) is 17.9. The van der Waals surface area contributed by atoms with E-state index in [2.05, 4.69) is 10.3 Å². The molecule has 1 aliphatic heterocycles. The van der Waals surface area contributed by atoms with Crippen molar-refractivity contribution in [3.63, 3.8) is 0 Å². The molecule has 3 rings (SSSR count). The van der Waals surface area contributed by atoms with Crippen LogP contribution in [0.4, 0.5) is 0 Å². The van der Waals surface area contributed by atoms with E-state index in [0.29, 0.717) is 30.5 Å². The Hall–Kier alpha value is -1.57. The Morgan fingerprint density at radius 2 is 2.35 bits per heavy atom.